The number of hydrogen-bond acceptors (Lipinski definition) is 6. The molecule has 1 amide bonds. The van der Waals surface area contributed by atoms with Crippen LogP contribution in [0.5, 0.6) is 5.75 Å². The van der Waals surface area contributed by atoms with Crippen molar-refractivity contribution < 1.29 is 22.7 Å². The second kappa shape index (κ2) is 11.5. The second-order valence-electron chi connectivity index (χ2n) is 8.11. The molecule has 2 aromatic carbocycles. The van der Waals surface area contributed by atoms with Crippen LogP contribution in [0.25, 0.3) is 0 Å². The number of ether oxygens (including phenoxy) is 2. The van der Waals surface area contributed by atoms with E-state index in [1.165, 1.54) is 12.7 Å². The maximum atomic E-state index is 13.0. The molecule has 8 nitrogen and oxygen atoms in total. The molecule has 0 unspecified atom stereocenters. The van der Waals surface area contributed by atoms with Crippen molar-refractivity contribution in [3.8, 4) is 5.75 Å². The molecular weight excluding hydrogens is 442 g/mol. The van der Waals surface area contributed by atoms with Crippen LogP contribution >= 0.6 is 0 Å². The zero-order chi connectivity index (χ0) is 23.8. The first-order valence-electron chi connectivity index (χ1n) is 11.1. The fourth-order valence-corrected chi connectivity index (χ4v) is 5.10. The number of anilines is 1. The number of methoxy groups -OCH3 is 1. The Morgan fingerprint density at radius 2 is 1.82 bits per heavy atom. The van der Waals surface area contributed by atoms with Crippen LogP contribution in [0.15, 0.2) is 48.5 Å². The Morgan fingerprint density at radius 1 is 1.15 bits per heavy atom. The zero-order valence-electron chi connectivity index (χ0n) is 19.5. The molecule has 0 aliphatic carbocycles. The van der Waals surface area contributed by atoms with Gasteiger partial charge in [0.1, 0.15) is 11.8 Å². The van der Waals surface area contributed by atoms with Crippen LogP contribution in [0.4, 0.5) is 5.69 Å². The number of amides is 1. The number of nitrogens with zero attached hydrogens (tertiary/aromatic N) is 2. The lowest BCUT2D eigenvalue weighted by Gasteiger charge is -2.30. The number of hydrogen-bond donors (Lipinski definition) is 1. The topological polar surface area (TPSA) is 88.2 Å². The van der Waals surface area contributed by atoms with Gasteiger partial charge in [0.05, 0.1) is 32.3 Å². The van der Waals surface area contributed by atoms with Crippen LogP contribution in [-0.2, 0) is 32.6 Å². The third-order valence-electron chi connectivity index (χ3n) is 5.64. The lowest BCUT2D eigenvalue weighted by molar-refractivity contribution is -0.122. The predicted octanol–water partition coefficient (Wildman–Crippen LogP) is 2.39. The highest BCUT2D eigenvalue weighted by molar-refractivity contribution is 7.92. The van der Waals surface area contributed by atoms with E-state index in [4.69, 9.17) is 9.47 Å². The molecule has 0 spiro atoms. The molecule has 0 aromatic heterocycles. The van der Waals surface area contributed by atoms with Crippen molar-refractivity contribution >= 4 is 21.6 Å². The minimum absolute atomic E-state index is 0.322. The molecule has 3 rings (SSSR count). The Balaban J connectivity index is 1.66. The number of benzene rings is 2. The van der Waals surface area contributed by atoms with Crippen molar-refractivity contribution in [2.75, 3.05) is 44.0 Å². The first-order valence-corrected chi connectivity index (χ1v) is 13.0. The summed E-state index contributed by atoms with van der Waals surface area (Å²) in [6.45, 7) is 6.39. The molecule has 2 aromatic rings. The average Bonchev–Trinajstić information content (AvgIpc) is 2.81. The minimum Gasteiger partial charge on any atom is -0.497 e. The van der Waals surface area contributed by atoms with Crippen LogP contribution < -0.4 is 14.4 Å². The van der Waals surface area contributed by atoms with Crippen molar-refractivity contribution in [1.82, 2.24) is 10.2 Å². The van der Waals surface area contributed by atoms with Gasteiger partial charge in [0.15, 0.2) is 0 Å². The van der Waals surface area contributed by atoms with E-state index in [2.05, 4.69) is 22.3 Å². The first-order chi connectivity index (χ1) is 15.8. The quantitative estimate of drug-likeness (QED) is 0.568. The van der Waals surface area contributed by atoms with Gasteiger partial charge >= 0.3 is 0 Å². The summed E-state index contributed by atoms with van der Waals surface area (Å²) in [6, 6.07) is 14.0. The lowest BCUT2D eigenvalue weighted by atomic mass is 10.1. The van der Waals surface area contributed by atoms with Crippen LogP contribution in [-0.4, -0.2) is 64.9 Å². The number of carbonyl (C=O) groups excluding carboxylic acids is 1. The Bertz CT molecular complexity index is 1020. The van der Waals surface area contributed by atoms with Crippen LogP contribution in [0, 0.1) is 0 Å². The molecule has 1 heterocycles. The van der Waals surface area contributed by atoms with Crippen molar-refractivity contribution in [1.29, 1.82) is 0 Å². The summed E-state index contributed by atoms with van der Waals surface area (Å²) >= 11 is 0. The fourth-order valence-electron chi connectivity index (χ4n) is 3.89. The molecule has 0 saturated carbocycles. The molecule has 9 heteroatoms. The normalized spacial score (nSPS) is 15.6. The third-order valence-corrected chi connectivity index (χ3v) is 6.82. The van der Waals surface area contributed by atoms with Crippen molar-refractivity contribution in [2.45, 2.75) is 32.5 Å². The van der Waals surface area contributed by atoms with Crippen LogP contribution in [0.3, 0.4) is 0 Å². The number of morpholine rings is 1. The van der Waals surface area contributed by atoms with E-state index in [0.29, 0.717) is 24.4 Å². The van der Waals surface area contributed by atoms with Crippen molar-refractivity contribution in [3.05, 3.63) is 59.7 Å². The molecule has 1 aliphatic heterocycles. The van der Waals surface area contributed by atoms with E-state index in [1.807, 2.05) is 12.1 Å². The van der Waals surface area contributed by atoms with Gasteiger partial charge in [0.25, 0.3) is 0 Å². The number of carbonyl (C=O) groups is 1. The SMILES string of the molecule is CC[C@@H](C(=O)NCc1ccc(CN2CCOCC2)cc1)N(c1cccc(OC)c1)S(C)(=O)=O. The van der Waals surface area contributed by atoms with Gasteiger partial charge in [-0.1, -0.05) is 37.3 Å². The maximum absolute atomic E-state index is 13.0. The predicted molar refractivity (Wildman–Crippen MR) is 129 cm³/mol. The number of sulfonamides is 1. The summed E-state index contributed by atoms with van der Waals surface area (Å²) in [5, 5.41) is 2.90. The first kappa shape index (κ1) is 25.0. The summed E-state index contributed by atoms with van der Waals surface area (Å²) < 4.78 is 37.0. The average molecular weight is 476 g/mol. The summed E-state index contributed by atoms with van der Waals surface area (Å²) in [5.41, 5.74) is 2.56. The molecule has 1 fully saturated rings. The largest absolute Gasteiger partial charge is 0.497 e. The summed E-state index contributed by atoms with van der Waals surface area (Å²) in [5.74, 6) is 0.178. The number of nitrogens with one attached hydrogen (secondary N) is 1. The van der Waals surface area contributed by atoms with Gasteiger partial charge < -0.3 is 14.8 Å². The summed E-state index contributed by atoms with van der Waals surface area (Å²) in [4.78, 5) is 15.4. The highest BCUT2D eigenvalue weighted by Crippen LogP contribution is 2.26. The van der Waals surface area contributed by atoms with Gasteiger partial charge in [-0.15, -0.1) is 0 Å². The Morgan fingerprint density at radius 3 is 2.42 bits per heavy atom. The van der Waals surface area contributed by atoms with Crippen molar-refractivity contribution in [2.24, 2.45) is 0 Å². The maximum Gasteiger partial charge on any atom is 0.244 e. The monoisotopic (exact) mass is 475 g/mol. The smallest absolute Gasteiger partial charge is 0.244 e. The van der Waals surface area contributed by atoms with E-state index in [9.17, 15) is 13.2 Å². The molecule has 1 saturated heterocycles. The van der Waals surface area contributed by atoms with Crippen molar-refractivity contribution in [3.63, 3.8) is 0 Å². The van der Waals surface area contributed by atoms with E-state index in [-0.39, 0.29) is 5.91 Å². The molecule has 33 heavy (non-hydrogen) atoms. The fraction of sp³-hybridized carbons (Fsp3) is 0.458. The Kier molecular flexibility index (Phi) is 8.71. The van der Waals surface area contributed by atoms with E-state index >= 15 is 0 Å². The summed E-state index contributed by atoms with van der Waals surface area (Å²) in [7, 11) is -2.18. The van der Waals surface area contributed by atoms with E-state index in [0.717, 1.165) is 49.0 Å². The van der Waals surface area contributed by atoms with Crippen LogP contribution in [0.1, 0.15) is 24.5 Å². The van der Waals surface area contributed by atoms with Gasteiger partial charge in [0, 0.05) is 32.2 Å². The Labute approximate surface area is 196 Å². The van der Waals surface area contributed by atoms with Crippen LogP contribution in [0.2, 0.25) is 0 Å². The lowest BCUT2D eigenvalue weighted by Crippen LogP contribution is -2.49. The summed E-state index contributed by atoms with van der Waals surface area (Å²) in [6.07, 6.45) is 1.43. The zero-order valence-corrected chi connectivity index (χ0v) is 20.3. The molecule has 0 radical (unpaired) electrons. The molecule has 1 N–H and O–H groups in total. The van der Waals surface area contributed by atoms with E-state index in [1.54, 1.807) is 31.2 Å². The van der Waals surface area contributed by atoms with Gasteiger partial charge in [-0.25, -0.2) is 8.42 Å². The molecule has 0 bridgehead atoms. The van der Waals surface area contributed by atoms with Gasteiger partial charge in [-0.3, -0.25) is 14.0 Å². The van der Waals surface area contributed by atoms with Gasteiger partial charge in [-0.2, -0.15) is 0 Å². The van der Waals surface area contributed by atoms with E-state index < -0.39 is 16.1 Å². The van der Waals surface area contributed by atoms with Gasteiger partial charge in [0.2, 0.25) is 15.9 Å². The molecule has 180 valence electrons. The highest BCUT2D eigenvalue weighted by Gasteiger charge is 2.31. The molecule has 1 atom stereocenters. The minimum atomic E-state index is -3.70. The van der Waals surface area contributed by atoms with Gasteiger partial charge in [-0.05, 0) is 29.7 Å². The second-order valence-corrected chi connectivity index (χ2v) is 9.97. The Hall–Kier alpha value is -2.62. The standard InChI is InChI=1S/C24H33N3O5S/c1-4-23(27(33(3,29)30)21-6-5-7-22(16-21)31-2)24(28)25-17-19-8-10-20(11-9-19)18-26-12-14-32-15-13-26/h5-11,16,23H,4,12-15,17-18H2,1-3H3,(H,25,28)/t23-/m0/s1. The molecular formula is C24H33N3O5S. The number of rotatable bonds is 10. The highest BCUT2D eigenvalue weighted by atomic mass is 32.2. The molecule has 1 aliphatic rings. The third kappa shape index (κ3) is 6.93.